The van der Waals surface area contributed by atoms with E-state index in [1.807, 2.05) is 18.2 Å². The van der Waals surface area contributed by atoms with Crippen LogP contribution in [0, 0.1) is 0 Å². The molecule has 0 aliphatic rings. The van der Waals surface area contributed by atoms with Crippen LogP contribution in [0.4, 0.5) is 4.39 Å². The van der Waals surface area contributed by atoms with Gasteiger partial charge in [0.1, 0.15) is 0 Å². The number of carbonyl (C=O) groups excluding carboxylic acids is 1. The first kappa shape index (κ1) is 20.0. The zero-order valence-corrected chi connectivity index (χ0v) is 20.7. The van der Waals surface area contributed by atoms with Gasteiger partial charge in [-0.3, -0.25) is 0 Å². The summed E-state index contributed by atoms with van der Waals surface area (Å²) >= 11 is 10.0. The van der Waals surface area contributed by atoms with Crippen molar-refractivity contribution in [3.05, 3.63) is 44.8 Å². The summed E-state index contributed by atoms with van der Waals surface area (Å²) in [6, 6.07) is 9.43. The maximum atomic E-state index is 13.7. The normalized spacial score (nSPS) is 11.9. The van der Waals surface area contributed by atoms with Crippen molar-refractivity contribution < 1.29 is 18.7 Å². The Balaban J connectivity index is 2.23. The summed E-state index contributed by atoms with van der Waals surface area (Å²) in [6.07, 6.45) is -1.75. The van der Waals surface area contributed by atoms with Gasteiger partial charge in [0, 0.05) is 0 Å². The molecule has 0 saturated heterocycles. The number of hydrogen-bond acceptors (Lipinski definition) is 3. The summed E-state index contributed by atoms with van der Waals surface area (Å²) < 4.78 is 28.0. The van der Waals surface area contributed by atoms with E-state index in [-0.39, 0.29) is 6.42 Å². The third-order valence-electron chi connectivity index (χ3n) is 3.21. The van der Waals surface area contributed by atoms with E-state index in [0.29, 0.717) is 20.3 Å². The molecule has 128 valence electrons. The molecule has 0 heterocycles. The van der Waals surface area contributed by atoms with Gasteiger partial charge in [0.2, 0.25) is 0 Å². The Kier molecular flexibility index (Phi) is 7.42. The molecule has 0 amide bonds. The summed E-state index contributed by atoms with van der Waals surface area (Å²) in [4.78, 5) is 11.2. The van der Waals surface area contributed by atoms with Crippen LogP contribution in [0.15, 0.2) is 39.3 Å². The number of benzene rings is 2. The van der Waals surface area contributed by atoms with Crippen molar-refractivity contribution in [1.82, 2.24) is 0 Å². The average molecular weight is 584 g/mol. The van der Waals surface area contributed by atoms with Gasteiger partial charge in [0.25, 0.3) is 0 Å². The van der Waals surface area contributed by atoms with Gasteiger partial charge in [-0.25, -0.2) is 0 Å². The molecule has 2 rings (SSSR count). The molecule has 0 spiro atoms. The van der Waals surface area contributed by atoms with Gasteiger partial charge >= 0.3 is 168 Å². The molecule has 0 N–H and O–H groups in total. The Morgan fingerprint density at radius 1 is 1.17 bits per heavy atom. The van der Waals surface area contributed by atoms with Crippen molar-refractivity contribution in [3.63, 3.8) is 0 Å². The molecule has 3 atom stereocenters. The fourth-order valence-electron chi connectivity index (χ4n) is 1.98. The van der Waals surface area contributed by atoms with Crippen molar-refractivity contribution in [3.8, 4) is 11.5 Å². The van der Waals surface area contributed by atoms with E-state index in [1.165, 1.54) is 15.8 Å². The van der Waals surface area contributed by atoms with Crippen molar-refractivity contribution >= 4 is 80.2 Å². The van der Waals surface area contributed by atoms with E-state index in [1.54, 1.807) is 45.8 Å². The first-order chi connectivity index (χ1) is 11.3. The fraction of sp³-hybridized carbons (Fsp3) is 0.188. The van der Waals surface area contributed by atoms with Crippen LogP contribution in [-0.2, 0) is 16.0 Å². The molecule has 0 bridgehead atoms. The second-order valence-electron chi connectivity index (χ2n) is 4.98. The Labute approximate surface area is 173 Å². The number of esters is 1. The number of alkyl halides is 1. The van der Waals surface area contributed by atoms with E-state index < -0.39 is 12.1 Å². The molecule has 0 aromatic heterocycles. The van der Waals surface area contributed by atoms with E-state index >= 15 is 0 Å². The van der Waals surface area contributed by atoms with Gasteiger partial charge in [-0.1, -0.05) is 0 Å². The van der Waals surface area contributed by atoms with Crippen LogP contribution in [0.5, 0.6) is 11.5 Å². The van der Waals surface area contributed by atoms with Gasteiger partial charge < -0.3 is 0 Å². The van der Waals surface area contributed by atoms with Crippen LogP contribution >= 0.6 is 31.9 Å². The minimum atomic E-state index is -1.69. The van der Waals surface area contributed by atoms with Crippen LogP contribution in [0.2, 0.25) is 0 Å². The number of carbonyl (C=O) groups is 1. The SMILES string of the molecule is COC(=O)C(F)Cc1cc(Br)c(Oc2ccc([AsH2])c([AsH2])c2)c(Br)c1. The minimum absolute atomic E-state index is 0.0571. The van der Waals surface area contributed by atoms with Crippen molar-refractivity contribution in [2.75, 3.05) is 7.11 Å². The fourth-order valence-corrected chi connectivity index (χ4v) is 4.35. The molecular formula is C16H15As2Br2FO3. The average Bonchev–Trinajstić information content (AvgIpc) is 2.53. The molecular weight excluding hydrogens is 569 g/mol. The van der Waals surface area contributed by atoms with Gasteiger partial charge in [-0.15, -0.1) is 0 Å². The molecule has 0 saturated carbocycles. The molecule has 0 aliphatic carbocycles. The number of methoxy groups -OCH3 is 1. The van der Waals surface area contributed by atoms with Gasteiger partial charge in [0.15, 0.2) is 0 Å². The summed E-state index contributed by atoms with van der Waals surface area (Å²) in [5.41, 5.74) is 0.658. The Morgan fingerprint density at radius 3 is 2.33 bits per heavy atom. The van der Waals surface area contributed by atoms with Crippen molar-refractivity contribution in [1.29, 1.82) is 0 Å². The zero-order chi connectivity index (χ0) is 17.9. The Hall–Kier alpha value is -0.283. The van der Waals surface area contributed by atoms with Gasteiger partial charge in [0.05, 0.1) is 7.11 Å². The first-order valence-corrected chi connectivity index (χ1v) is 10.9. The van der Waals surface area contributed by atoms with Crippen LogP contribution in [0.25, 0.3) is 0 Å². The van der Waals surface area contributed by atoms with E-state index in [4.69, 9.17) is 4.74 Å². The molecule has 3 nitrogen and oxygen atoms in total. The van der Waals surface area contributed by atoms with Crippen LogP contribution in [0.1, 0.15) is 5.56 Å². The molecule has 2 aromatic rings. The standard InChI is InChI=1S/C16H15As2Br2FO3/c1-23-16(22)14(21)6-8-4-12(19)15(13(20)5-8)24-9-2-3-10(17)11(18)7-9/h2-5,7,14H,6,17-18H2,1H3. The monoisotopic (exact) mass is 582 g/mol. The Bertz CT molecular complexity index is 748. The molecule has 24 heavy (non-hydrogen) atoms. The Morgan fingerprint density at radius 2 is 1.79 bits per heavy atom. The third-order valence-corrected chi connectivity index (χ3v) is 8.01. The molecule has 0 fully saturated rings. The maximum absolute atomic E-state index is 13.7. The number of rotatable bonds is 5. The molecule has 8 heteroatoms. The summed E-state index contributed by atoms with van der Waals surface area (Å²) in [5.74, 6) is 0.470. The molecule has 3 unspecified atom stereocenters. The van der Waals surface area contributed by atoms with E-state index in [2.05, 4.69) is 36.6 Å². The van der Waals surface area contributed by atoms with Crippen molar-refractivity contribution in [2.45, 2.75) is 12.6 Å². The summed E-state index contributed by atoms with van der Waals surface area (Å²) in [5, 5.41) is 0. The zero-order valence-electron chi connectivity index (χ0n) is 12.7. The number of hydrogen-bond donors (Lipinski definition) is 0. The van der Waals surface area contributed by atoms with Crippen LogP contribution in [0.3, 0.4) is 0 Å². The predicted octanol–water partition coefficient (Wildman–Crippen LogP) is 1.57. The second-order valence-corrected chi connectivity index (χ2v) is 9.29. The van der Waals surface area contributed by atoms with Gasteiger partial charge in [-0.05, 0) is 0 Å². The number of halogens is 3. The van der Waals surface area contributed by atoms with Crippen molar-refractivity contribution in [2.24, 2.45) is 0 Å². The molecule has 2 aromatic carbocycles. The summed E-state index contributed by atoms with van der Waals surface area (Å²) in [7, 11) is 1.17. The van der Waals surface area contributed by atoms with Crippen LogP contribution < -0.4 is 13.4 Å². The quantitative estimate of drug-likeness (QED) is 0.396. The first-order valence-electron chi connectivity index (χ1n) is 6.84. The van der Waals surface area contributed by atoms with Gasteiger partial charge in [-0.2, -0.15) is 0 Å². The topological polar surface area (TPSA) is 35.5 Å². The predicted molar refractivity (Wildman–Crippen MR) is 105 cm³/mol. The van der Waals surface area contributed by atoms with E-state index in [0.717, 1.165) is 5.75 Å². The number of ether oxygens (including phenoxy) is 2. The molecule has 0 aliphatic heterocycles. The third kappa shape index (κ3) is 5.11. The molecule has 0 radical (unpaired) electrons. The second kappa shape index (κ2) is 8.89. The van der Waals surface area contributed by atoms with Crippen LogP contribution in [-0.4, -0.2) is 53.0 Å². The summed E-state index contributed by atoms with van der Waals surface area (Å²) in [6.45, 7) is 0. The van der Waals surface area contributed by atoms with E-state index in [9.17, 15) is 9.18 Å².